The summed E-state index contributed by atoms with van der Waals surface area (Å²) in [5.41, 5.74) is 1.51. The van der Waals surface area contributed by atoms with Gasteiger partial charge in [-0.15, -0.1) is 0 Å². The highest BCUT2D eigenvalue weighted by Crippen LogP contribution is 2.26. The minimum atomic E-state index is -1.22. The summed E-state index contributed by atoms with van der Waals surface area (Å²) in [6, 6.07) is 13.1. The van der Waals surface area contributed by atoms with Gasteiger partial charge in [0.2, 0.25) is 5.91 Å². The van der Waals surface area contributed by atoms with Gasteiger partial charge in [0.25, 0.3) is 5.91 Å². The van der Waals surface area contributed by atoms with Crippen LogP contribution in [0.5, 0.6) is 5.75 Å². The maximum atomic E-state index is 13.7. The van der Waals surface area contributed by atoms with Crippen molar-refractivity contribution in [1.29, 1.82) is 0 Å². The number of aromatic nitrogens is 1. The molecule has 0 aliphatic rings. The third kappa shape index (κ3) is 7.25. The number of aromatic hydroxyl groups is 1. The Hall–Kier alpha value is -4.14. The zero-order valence-corrected chi connectivity index (χ0v) is 23.6. The standard InChI is InChI=1S/C30H38N4O5/c1-18-14-21(35)15-19(2)22(18)16-25(34(28(38)39)29(3,4)5)27(37)33-30(6,7)17-31-26(36)24-13-12-20-10-8-9-11-23(20)32-24/h8-15,25,35H,16-17H2,1-7H3,(H,31,36)(H,33,37)(H,38,39)/t25-/m0/s1. The summed E-state index contributed by atoms with van der Waals surface area (Å²) >= 11 is 0. The number of phenolic OH excluding ortho intramolecular Hbond substituents is 1. The first-order valence-corrected chi connectivity index (χ1v) is 12.9. The van der Waals surface area contributed by atoms with Crippen LogP contribution in [0.4, 0.5) is 4.79 Å². The highest BCUT2D eigenvalue weighted by Gasteiger charge is 2.39. The number of hydrogen-bond acceptors (Lipinski definition) is 5. The van der Waals surface area contributed by atoms with Gasteiger partial charge in [-0.3, -0.25) is 14.5 Å². The van der Waals surface area contributed by atoms with Crippen molar-refractivity contribution >= 4 is 28.8 Å². The fourth-order valence-electron chi connectivity index (χ4n) is 4.72. The van der Waals surface area contributed by atoms with E-state index in [2.05, 4.69) is 15.6 Å². The first kappa shape index (κ1) is 29.4. The summed E-state index contributed by atoms with van der Waals surface area (Å²) in [5, 5.41) is 26.8. The molecule has 4 N–H and O–H groups in total. The maximum Gasteiger partial charge on any atom is 0.408 e. The number of phenols is 1. The molecule has 0 spiro atoms. The molecule has 3 aromatic rings. The van der Waals surface area contributed by atoms with Crippen molar-refractivity contribution in [2.45, 2.75) is 72.0 Å². The number of carbonyl (C=O) groups excluding carboxylic acids is 2. The van der Waals surface area contributed by atoms with Crippen molar-refractivity contribution in [3.8, 4) is 5.75 Å². The Morgan fingerprint density at radius 1 is 0.974 bits per heavy atom. The van der Waals surface area contributed by atoms with E-state index in [0.29, 0.717) is 5.52 Å². The molecule has 1 heterocycles. The van der Waals surface area contributed by atoms with Crippen LogP contribution in [0.3, 0.4) is 0 Å². The molecule has 0 bridgehead atoms. The molecule has 0 radical (unpaired) electrons. The van der Waals surface area contributed by atoms with Gasteiger partial charge in [-0.25, -0.2) is 9.78 Å². The average Bonchev–Trinajstić information content (AvgIpc) is 2.82. The van der Waals surface area contributed by atoms with Crippen LogP contribution < -0.4 is 10.6 Å². The second-order valence-electron chi connectivity index (χ2n) is 11.5. The van der Waals surface area contributed by atoms with Crippen LogP contribution >= 0.6 is 0 Å². The second-order valence-corrected chi connectivity index (χ2v) is 11.5. The Bertz CT molecular complexity index is 1370. The van der Waals surface area contributed by atoms with E-state index >= 15 is 0 Å². The van der Waals surface area contributed by atoms with Crippen molar-refractivity contribution in [3.05, 3.63) is 70.9 Å². The van der Waals surface area contributed by atoms with E-state index in [1.54, 1.807) is 52.8 Å². The van der Waals surface area contributed by atoms with Crippen LogP contribution in [-0.2, 0) is 11.2 Å². The van der Waals surface area contributed by atoms with E-state index in [1.807, 2.05) is 44.2 Å². The SMILES string of the molecule is Cc1cc(O)cc(C)c1C[C@@H](C(=O)NC(C)(C)CNC(=O)c1ccc2ccccc2n1)N(C(=O)O)C(C)(C)C. The Labute approximate surface area is 229 Å². The molecule has 0 saturated carbocycles. The van der Waals surface area contributed by atoms with Gasteiger partial charge in [-0.2, -0.15) is 0 Å². The molecule has 3 rings (SSSR count). The summed E-state index contributed by atoms with van der Waals surface area (Å²) in [6.45, 7) is 12.5. The van der Waals surface area contributed by atoms with Crippen molar-refractivity contribution in [2.24, 2.45) is 0 Å². The zero-order chi connectivity index (χ0) is 29.1. The van der Waals surface area contributed by atoms with Gasteiger partial charge >= 0.3 is 6.09 Å². The van der Waals surface area contributed by atoms with Crippen LogP contribution in [0.25, 0.3) is 10.9 Å². The normalized spacial score (nSPS) is 12.6. The quantitative estimate of drug-likeness (QED) is 0.335. The second kappa shape index (κ2) is 11.3. The monoisotopic (exact) mass is 534 g/mol. The summed E-state index contributed by atoms with van der Waals surface area (Å²) < 4.78 is 0. The van der Waals surface area contributed by atoms with Gasteiger partial charge in [-0.1, -0.05) is 24.3 Å². The Balaban J connectivity index is 1.81. The largest absolute Gasteiger partial charge is 0.508 e. The Kier molecular flexibility index (Phi) is 8.53. The van der Waals surface area contributed by atoms with E-state index < -0.39 is 29.1 Å². The summed E-state index contributed by atoms with van der Waals surface area (Å²) in [6.07, 6.45) is -1.10. The molecule has 0 unspecified atom stereocenters. The number of hydrogen-bond donors (Lipinski definition) is 4. The average molecular weight is 535 g/mol. The summed E-state index contributed by atoms with van der Waals surface area (Å²) in [5.74, 6) is -0.752. The van der Waals surface area contributed by atoms with Crippen molar-refractivity contribution in [2.75, 3.05) is 6.54 Å². The molecule has 9 nitrogen and oxygen atoms in total. The van der Waals surface area contributed by atoms with Gasteiger partial charge in [0.15, 0.2) is 0 Å². The lowest BCUT2D eigenvalue weighted by Crippen LogP contribution is -2.61. The molecule has 2 aromatic carbocycles. The number of nitrogens with zero attached hydrogens (tertiary/aromatic N) is 2. The van der Waals surface area contributed by atoms with Gasteiger partial charge in [0.05, 0.1) is 11.1 Å². The molecule has 0 fully saturated rings. The number of aryl methyl sites for hydroxylation is 2. The van der Waals surface area contributed by atoms with Gasteiger partial charge in [0.1, 0.15) is 17.5 Å². The molecule has 1 atom stereocenters. The lowest BCUT2D eigenvalue weighted by Gasteiger charge is -2.40. The number of rotatable bonds is 8. The van der Waals surface area contributed by atoms with Crippen molar-refractivity contribution in [1.82, 2.24) is 20.5 Å². The van der Waals surface area contributed by atoms with Crippen LogP contribution in [-0.4, -0.2) is 61.7 Å². The predicted molar refractivity (Wildman–Crippen MR) is 151 cm³/mol. The topological polar surface area (TPSA) is 132 Å². The van der Waals surface area contributed by atoms with Crippen LogP contribution in [0, 0.1) is 13.8 Å². The van der Waals surface area contributed by atoms with E-state index in [1.165, 1.54) is 0 Å². The minimum absolute atomic E-state index is 0.0959. The molecule has 3 amide bonds. The highest BCUT2D eigenvalue weighted by molar-refractivity contribution is 5.95. The van der Waals surface area contributed by atoms with Gasteiger partial charge in [0, 0.05) is 23.9 Å². The zero-order valence-electron chi connectivity index (χ0n) is 23.6. The predicted octanol–water partition coefficient (Wildman–Crippen LogP) is 4.57. The molecule has 0 saturated heterocycles. The molecule has 1 aromatic heterocycles. The summed E-state index contributed by atoms with van der Waals surface area (Å²) in [4.78, 5) is 44.5. The number of fused-ring (bicyclic) bond motifs is 1. The van der Waals surface area contributed by atoms with Gasteiger partial charge < -0.3 is 20.8 Å². The van der Waals surface area contributed by atoms with E-state index in [4.69, 9.17) is 0 Å². The van der Waals surface area contributed by atoms with E-state index in [0.717, 1.165) is 27.0 Å². The molecule has 208 valence electrons. The van der Waals surface area contributed by atoms with E-state index in [9.17, 15) is 24.6 Å². The molecule has 0 aliphatic heterocycles. The fraction of sp³-hybridized carbons (Fsp3) is 0.400. The van der Waals surface area contributed by atoms with Crippen molar-refractivity contribution in [3.63, 3.8) is 0 Å². The third-order valence-corrected chi connectivity index (χ3v) is 6.60. The minimum Gasteiger partial charge on any atom is -0.508 e. The van der Waals surface area contributed by atoms with Crippen LogP contribution in [0.1, 0.15) is 61.8 Å². The Morgan fingerprint density at radius 2 is 1.59 bits per heavy atom. The van der Waals surface area contributed by atoms with E-state index in [-0.39, 0.29) is 30.3 Å². The molecule has 0 aliphatic carbocycles. The summed E-state index contributed by atoms with van der Waals surface area (Å²) in [7, 11) is 0. The highest BCUT2D eigenvalue weighted by atomic mass is 16.4. The van der Waals surface area contributed by atoms with Gasteiger partial charge in [-0.05, 0) is 89.4 Å². The molecule has 39 heavy (non-hydrogen) atoms. The lowest BCUT2D eigenvalue weighted by molar-refractivity contribution is -0.129. The third-order valence-electron chi connectivity index (χ3n) is 6.60. The number of amides is 3. The lowest BCUT2D eigenvalue weighted by atomic mass is 9.92. The number of benzene rings is 2. The molecule has 9 heteroatoms. The Morgan fingerprint density at radius 3 is 2.18 bits per heavy atom. The molecular weight excluding hydrogens is 496 g/mol. The number of nitrogens with one attached hydrogen (secondary N) is 2. The first-order valence-electron chi connectivity index (χ1n) is 12.9. The number of carboxylic acid groups (broad SMARTS) is 1. The number of para-hydroxylation sites is 1. The van der Waals surface area contributed by atoms with Crippen LogP contribution in [0.15, 0.2) is 48.5 Å². The molecular formula is C30H38N4O5. The van der Waals surface area contributed by atoms with Crippen molar-refractivity contribution < 1.29 is 24.6 Å². The first-order chi connectivity index (χ1) is 18.1. The number of carbonyl (C=O) groups is 3. The smallest absolute Gasteiger partial charge is 0.408 e. The number of pyridine rings is 1. The fourth-order valence-corrected chi connectivity index (χ4v) is 4.72. The van der Waals surface area contributed by atoms with Crippen LogP contribution in [0.2, 0.25) is 0 Å². The maximum absolute atomic E-state index is 13.7.